The van der Waals surface area contributed by atoms with Gasteiger partial charge in [-0.05, 0) is 34.6 Å². The Balaban J connectivity index is 2.27. The number of aryl methyl sites for hydroxylation is 1. The number of rotatable bonds is 8. The van der Waals surface area contributed by atoms with Gasteiger partial charge in [0.1, 0.15) is 0 Å². The summed E-state index contributed by atoms with van der Waals surface area (Å²) < 4.78 is 0. The third-order valence-corrected chi connectivity index (χ3v) is 4.49. The molecule has 0 aliphatic heterocycles. The molecule has 0 aromatic carbocycles. The Kier molecular flexibility index (Phi) is 8.42. The van der Waals surface area contributed by atoms with Gasteiger partial charge in [0, 0.05) is 56.3 Å². The van der Waals surface area contributed by atoms with Crippen molar-refractivity contribution in [2.75, 3.05) is 26.7 Å². The van der Waals surface area contributed by atoms with E-state index in [2.05, 4.69) is 60.1 Å². The predicted octanol–water partition coefficient (Wildman–Crippen LogP) is 2.28. The molecular weight excluding hydrogens is 294 g/mol. The molecule has 0 saturated carbocycles. The number of aromatic nitrogens is 1. The van der Waals surface area contributed by atoms with Gasteiger partial charge in [0.2, 0.25) is 0 Å². The molecule has 6 heteroatoms. The lowest BCUT2D eigenvalue weighted by Crippen LogP contribution is -2.45. The highest BCUT2D eigenvalue weighted by Crippen LogP contribution is 2.10. The van der Waals surface area contributed by atoms with E-state index in [-0.39, 0.29) is 0 Å². The van der Waals surface area contributed by atoms with Crippen molar-refractivity contribution < 1.29 is 0 Å². The molecular formula is C16H31N5S. The van der Waals surface area contributed by atoms with Crippen LogP contribution >= 0.6 is 11.3 Å². The maximum absolute atomic E-state index is 4.37. The van der Waals surface area contributed by atoms with Gasteiger partial charge in [-0.25, -0.2) is 4.98 Å². The van der Waals surface area contributed by atoms with Crippen molar-refractivity contribution in [3.63, 3.8) is 0 Å². The molecule has 1 aromatic rings. The van der Waals surface area contributed by atoms with E-state index in [1.165, 1.54) is 9.88 Å². The van der Waals surface area contributed by atoms with Gasteiger partial charge in [-0.15, -0.1) is 11.3 Å². The van der Waals surface area contributed by atoms with Crippen LogP contribution in [-0.2, 0) is 6.42 Å². The Morgan fingerprint density at radius 1 is 1.23 bits per heavy atom. The molecule has 0 amide bonds. The smallest absolute Gasteiger partial charge is 0.191 e. The Labute approximate surface area is 139 Å². The van der Waals surface area contributed by atoms with E-state index in [1.54, 1.807) is 11.3 Å². The SMILES string of the molecule is CN=C(NCCc1ncc(C)s1)NCCN(C(C)C)C(C)C. The fourth-order valence-electron chi connectivity index (χ4n) is 2.44. The van der Waals surface area contributed by atoms with E-state index in [0.29, 0.717) is 12.1 Å². The quantitative estimate of drug-likeness (QED) is 0.569. The Hall–Kier alpha value is -1.14. The first-order valence-electron chi connectivity index (χ1n) is 8.05. The van der Waals surface area contributed by atoms with Gasteiger partial charge >= 0.3 is 0 Å². The molecule has 5 nitrogen and oxygen atoms in total. The zero-order valence-corrected chi connectivity index (χ0v) is 15.6. The van der Waals surface area contributed by atoms with Crippen LogP contribution in [0.3, 0.4) is 0 Å². The van der Waals surface area contributed by atoms with E-state index in [4.69, 9.17) is 0 Å². The molecule has 22 heavy (non-hydrogen) atoms. The summed E-state index contributed by atoms with van der Waals surface area (Å²) in [5.74, 6) is 0.862. The summed E-state index contributed by atoms with van der Waals surface area (Å²) in [7, 11) is 1.81. The molecule has 126 valence electrons. The van der Waals surface area contributed by atoms with Crippen LogP contribution in [-0.4, -0.2) is 54.6 Å². The molecule has 2 N–H and O–H groups in total. The van der Waals surface area contributed by atoms with E-state index in [1.807, 2.05) is 13.2 Å². The molecule has 0 fully saturated rings. The van der Waals surface area contributed by atoms with Crippen LogP contribution in [0, 0.1) is 6.92 Å². The lowest BCUT2D eigenvalue weighted by atomic mass is 10.2. The van der Waals surface area contributed by atoms with Crippen molar-refractivity contribution in [1.29, 1.82) is 0 Å². The molecule has 0 saturated heterocycles. The molecule has 1 rings (SSSR count). The van der Waals surface area contributed by atoms with Gasteiger partial charge in [0.25, 0.3) is 0 Å². The van der Waals surface area contributed by atoms with Gasteiger partial charge in [-0.3, -0.25) is 9.89 Å². The maximum Gasteiger partial charge on any atom is 0.191 e. The third-order valence-electron chi connectivity index (χ3n) is 3.51. The minimum Gasteiger partial charge on any atom is -0.356 e. The monoisotopic (exact) mass is 325 g/mol. The fourth-order valence-corrected chi connectivity index (χ4v) is 3.23. The van der Waals surface area contributed by atoms with Crippen molar-refractivity contribution in [3.05, 3.63) is 16.1 Å². The van der Waals surface area contributed by atoms with E-state index in [0.717, 1.165) is 32.0 Å². The van der Waals surface area contributed by atoms with E-state index < -0.39 is 0 Å². The van der Waals surface area contributed by atoms with Crippen molar-refractivity contribution in [2.24, 2.45) is 4.99 Å². The summed E-state index contributed by atoms with van der Waals surface area (Å²) in [6, 6.07) is 1.12. The number of thiazole rings is 1. The average Bonchev–Trinajstić information content (AvgIpc) is 2.86. The minimum atomic E-state index is 0.560. The lowest BCUT2D eigenvalue weighted by molar-refractivity contribution is 0.178. The number of hydrogen-bond acceptors (Lipinski definition) is 4. The number of aliphatic imine (C=N–C) groups is 1. The van der Waals surface area contributed by atoms with E-state index in [9.17, 15) is 0 Å². The van der Waals surface area contributed by atoms with Gasteiger partial charge in [0.15, 0.2) is 5.96 Å². The molecule has 0 atom stereocenters. The van der Waals surface area contributed by atoms with Crippen LogP contribution in [0.4, 0.5) is 0 Å². The highest BCUT2D eigenvalue weighted by Gasteiger charge is 2.12. The second kappa shape index (κ2) is 9.79. The largest absolute Gasteiger partial charge is 0.356 e. The number of guanidine groups is 1. The van der Waals surface area contributed by atoms with Crippen molar-refractivity contribution >= 4 is 17.3 Å². The Morgan fingerprint density at radius 3 is 2.36 bits per heavy atom. The second-order valence-electron chi connectivity index (χ2n) is 5.97. The standard InChI is InChI=1S/C16H31N5S/c1-12(2)21(13(3)4)10-9-19-16(17-6)18-8-7-15-20-11-14(5)22-15/h11-13H,7-10H2,1-6H3,(H2,17,18,19). The highest BCUT2D eigenvalue weighted by atomic mass is 32.1. The summed E-state index contributed by atoms with van der Waals surface area (Å²) in [5, 5.41) is 7.90. The van der Waals surface area contributed by atoms with Gasteiger partial charge in [0.05, 0.1) is 5.01 Å². The van der Waals surface area contributed by atoms with Crippen LogP contribution in [0.5, 0.6) is 0 Å². The summed E-state index contributed by atoms with van der Waals surface area (Å²) in [6.45, 7) is 13.8. The topological polar surface area (TPSA) is 52.6 Å². The number of hydrogen-bond donors (Lipinski definition) is 2. The zero-order valence-electron chi connectivity index (χ0n) is 14.8. The Bertz CT molecular complexity index is 445. The van der Waals surface area contributed by atoms with Crippen LogP contribution in [0.2, 0.25) is 0 Å². The minimum absolute atomic E-state index is 0.560. The summed E-state index contributed by atoms with van der Waals surface area (Å²) in [6.07, 6.45) is 2.86. The third kappa shape index (κ3) is 6.75. The normalized spacial score (nSPS) is 12.5. The first-order valence-corrected chi connectivity index (χ1v) is 8.87. The summed E-state index contributed by atoms with van der Waals surface area (Å²) in [4.78, 5) is 12.4. The second-order valence-corrected chi connectivity index (χ2v) is 7.29. The van der Waals surface area contributed by atoms with Crippen LogP contribution < -0.4 is 10.6 Å². The van der Waals surface area contributed by atoms with Gasteiger partial charge < -0.3 is 10.6 Å². The average molecular weight is 326 g/mol. The van der Waals surface area contributed by atoms with Gasteiger partial charge in [-0.1, -0.05) is 0 Å². The number of nitrogens with one attached hydrogen (secondary N) is 2. The van der Waals surface area contributed by atoms with Crippen LogP contribution in [0.25, 0.3) is 0 Å². The molecule has 0 aliphatic rings. The Morgan fingerprint density at radius 2 is 1.86 bits per heavy atom. The molecule has 0 bridgehead atoms. The first-order chi connectivity index (χ1) is 10.4. The molecule has 0 radical (unpaired) electrons. The molecule has 0 aliphatic carbocycles. The van der Waals surface area contributed by atoms with Gasteiger partial charge in [-0.2, -0.15) is 0 Å². The van der Waals surface area contributed by atoms with Crippen molar-refractivity contribution in [3.8, 4) is 0 Å². The maximum atomic E-state index is 4.37. The van der Waals surface area contributed by atoms with Crippen molar-refractivity contribution in [1.82, 2.24) is 20.5 Å². The van der Waals surface area contributed by atoms with Crippen LogP contribution in [0.1, 0.15) is 37.6 Å². The lowest BCUT2D eigenvalue weighted by Gasteiger charge is -2.30. The molecule has 1 heterocycles. The summed E-state index contributed by atoms with van der Waals surface area (Å²) in [5.41, 5.74) is 0. The molecule has 1 aromatic heterocycles. The van der Waals surface area contributed by atoms with Crippen molar-refractivity contribution in [2.45, 2.75) is 53.1 Å². The first kappa shape index (κ1) is 18.9. The zero-order chi connectivity index (χ0) is 16.5. The van der Waals surface area contributed by atoms with Crippen LogP contribution in [0.15, 0.2) is 11.2 Å². The highest BCUT2D eigenvalue weighted by molar-refractivity contribution is 7.11. The predicted molar refractivity (Wildman–Crippen MR) is 96.9 cm³/mol. The molecule has 0 unspecified atom stereocenters. The molecule has 0 spiro atoms. The van der Waals surface area contributed by atoms with E-state index >= 15 is 0 Å². The number of nitrogens with zero attached hydrogens (tertiary/aromatic N) is 3. The summed E-state index contributed by atoms with van der Waals surface area (Å²) >= 11 is 1.76. The fraction of sp³-hybridized carbons (Fsp3) is 0.750.